The zero-order valence-electron chi connectivity index (χ0n) is 23.2. The summed E-state index contributed by atoms with van der Waals surface area (Å²) in [4.78, 5) is 38.4. The quantitative estimate of drug-likeness (QED) is 0.167. The summed E-state index contributed by atoms with van der Waals surface area (Å²) >= 11 is 0. The van der Waals surface area contributed by atoms with Crippen molar-refractivity contribution in [1.29, 1.82) is 0 Å². The zero-order chi connectivity index (χ0) is 29.4. The van der Waals surface area contributed by atoms with E-state index in [9.17, 15) is 14.0 Å². The highest BCUT2D eigenvalue weighted by Crippen LogP contribution is 2.42. The summed E-state index contributed by atoms with van der Waals surface area (Å²) in [7, 11) is 0. The number of aromatic nitrogens is 4. The Morgan fingerprint density at radius 1 is 1.07 bits per heavy atom. The van der Waals surface area contributed by atoms with Gasteiger partial charge in [0.2, 0.25) is 0 Å². The van der Waals surface area contributed by atoms with Crippen molar-refractivity contribution in [3.05, 3.63) is 95.8 Å². The number of carbonyl (C=O) groups is 2. The third-order valence-electron chi connectivity index (χ3n) is 7.54. The van der Waals surface area contributed by atoms with E-state index in [2.05, 4.69) is 26.8 Å². The SMILES string of the molecule is C=C[C@]1(COC(=O)c2ccc(C)cc2)O[C@@H](n2cnc3c(NC4CC4)nc(F)nc32)C[C@@H]1OC(=O)c1ccc(C)cc1. The summed E-state index contributed by atoms with van der Waals surface area (Å²) in [5.41, 5.74) is 1.92. The number of nitrogens with zero attached hydrogens (tertiary/aromatic N) is 4. The molecule has 6 rings (SSSR count). The molecule has 1 saturated heterocycles. The van der Waals surface area contributed by atoms with Gasteiger partial charge in [0.25, 0.3) is 0 Å². The third kappa shape index (κ3) is 5.47. The van der Waals surface area contributed by atoms with Crippen LogP contribution in [0.1, 0.15) is 57.3 Å². The smallest absolute Gasteiger partial charge is 0.338 e. The van der Waals surface area contributed by atoms with Crippen LogP contribution in [0, 0.1) is 19.9 Å². The van der Waals surface area contributed by atoms with Crippen LogP contribution in [0.3, 0.4) is 0 Å². The molecule has 10 nitrogen and oxygen atoms in total. The van der Waals surface area contributed by atoms with E-state index in [0.29, 0.717) is 22.5 Å². The minimum atomic E-state index is -1.41. The summed E-state index contributed by atoms with van der Waals surface area (Å²) in [6.45, 7) is 7.49. The van der Waals surface area contributed by atoms with Crippen molar-refractivity contribution >= 4 is 28.9 Å². The minimum absolute atomic E-state index is 0.133. The van der Waals surface area contributed by atoms with Crippen LogP contribution in [-0.4, -0.2) is 55.8 Å². The van der Waals surface area contributed by atoms with E-state index >= 15 is 0 Å². The molecule has 2 aromatic carbocycles. The number of hydrogen-bond acceptors (Lipinski definition) is 9. The first kappa shape index (κ1) is 27.5. The number of hydrogen-bond donors (Lipinski definition) is 1. The maximum Gasteiger partial charge on any atom is 0.338 e. The van der Waals surface area contributed by atoms with Gasteiger partial charge in [-0.1, -0.05) is 48.0 Å². The van der Waals surface area contributed by atoms with Crippen molar-refractivity contribution in [1.82, 2.24) is 19.5 Å². The minimum Gasteiger partial charge on any atom is -0.459 e. The second-order valence-electron chi connectivity index (χ2n) is 10.8. The van der Waals surface area contributed by atoms with E-state index in [1.165, 1.54) is 12.4 Å². The lowest BCUT2D eigenvalue weighted by Crippen LogP contribution is -2.45. The van der Waals surface area contributed by atoms with Crippen molar-refractivity contribution in [2.45, 2.75) is 57.1 Å². The Bertz CT molecular complexity index is 1650. The molecule has 4 aromatic rings. The van der Waals surface area contributed by atoms with Gasteiger partial charge in [-0.05, 0) is 51.0 Å². The molecule has 1 saturated carbocycles. The fraction of sp³-hybridized carbons (Fsp3) is 0.323. The van der Waals surface area contributed by atoms with Gasteiger partial charge in [-0.3, -0.25) is 4.57 Å². The highest BCUT2D eigenvalue weighted by atomic mass is 19.1. The van der Waals surface area contributed by atoms with Gasteiger partial charge in [0.1, 0.15) is 18.9 Å². The Morgan fingerprint density at radius 3 is 2.33 bits per heavy atom. The lowest BCUT2D eigenvalue weighted by atomic mass is 9.97. The molecule has 42 heavy (non-hydrogen) atoms. The normalized spacial score (nSPS) is 21.7. The maximum atomic E-state index is 14.5. The number of carbonyl (C=O) groups excluding carboxylic acids is 2. The van der Waals surface area contributed by atoms with E-state index < -0.39 is 35.9 Å². The number of benzene rings is 2. The molecule has 1 aliphatic carbocycles. The number of ether oxygens (including phenoxy) is 3. The standard InChI is InChI=1S/C31H30FN5O5/c1-4-31(16-40-28(38)20-9-5-18(2)6-10-20)23(41-29(39)21-11-7-19(3)8-12-21)15-24(42-31)37-17-33-25-26(34-22-13-14-22)35-30(32)36-27(25)37/h4-12,17,22-24H,1,13-16H2,2-3H3,(H,34,35,36)/t23-,24+,31+/m0/s1. The van der Waals surface area contributed by atoms with Gasteiger partial charge in [0.15, 0.2) is 22.6 Å². The highest BCUT2D eigenvalue weighted by molar-refractivity contribution is 5.90. The summed E-state index contributed by atoms with van der Waals surface area (Å²) in [5, 5.41) is 3.19. The summed E-state index contributed by atoms with van der Waals surface area (Å²) in [6.07, 6.45) is 2.41. The Morgan fingerprint density at radius 2 is 1.71 bits per heavy atom. The number of rotatable bonds is 9. The fourth-order valence-electron chi connectivity index (χ4n) is 4.90. The highest BCUT2D eigenvalue weighted by Gasteiger charge is 2.51. The molecule has 1 N–H and O–H groups in total. The average molecular weight is 572 g/mol. The van der Waals surface area contributed by atoms with Crippen LogP contribution in [0.5, 0.6) is 0 Å². The molecule has 1 aliphatic heterocycles. The first-order valence-corrected chi connectivity index (χ1v) is 13.7. The second-order valence-corrected chi connectivity index (χ2v) is 10.8. The molecule has 2 fully saturated rings. The van der Waals surface area contributed by atoms with Crippen molar-refractivity contribution in [3.8, 4) is 0 Å². The number of imidazole rings is 1. The number of halogens is 1. The Balaban J connectivity index is 1.31. The number of aryl methyl sites for hydroxylation is 2. The van der Waals surface area contributed by atoms with E-state index in [1.807, 2.05) is 38.1 Å². The number of fused-ring (bicyclic) bond motifs is 1. The molecular weight excluding hydrogens is 541 g/mol. The monoisotopic (exact) mass is 571 g/mol. The molecule has 3 atom stereocenters. The van der Waals surface area contributed by atoms with E-state index in [0.717, 1.165) is 24.0 Å². The van der Waals surface area contributed by atoms with Crippen LogP contribution in [0.25, 0.3) is 11.2 Å². The van der Waals surface area contributed by atoms with Crippen molar-refractivity contribution in [3.63, 3.8) is 0 Å². The van der Waals surface area contributed by atoms with Crippen molar-refractivity contribution in [2.75, 3.05) is 11.9 Å². The lowest BCUT2D eigenvalue weighted by Gasteiger charge is -2.30. The van der Waals surface area contributed by atoms with Crippen molar-refractivity contribution < 1.29 is 28.2 Å². The lowest BCUT2D eigenvalue weighted by molar-refractivity contribution is -0.102. The van der Waals surface area contributed by atoms with Gasteiger partial charge in [-0.25, -0.2) is 14.6 Å². The van der Waals surface area contributed by atoms with Gasteiger partial charge in [-0.15, -0.1) is 0 Å². The molecule has 0 bridgehead atoms. The molecule has 0 unspecified atom stereocenters. The molecule has 216 valence electrons. The van der Waals surface area contributed by atoms with Crippen LogP contribution in [0.15, 0.2) is 67.5 Å². The first-order valence-electron chi connectivity index (χ1n) is 13.7. The molecule has 3 heterocycles. The van der Waals surface area contributed by atoms with Crippen molar-refractivity contribution in [2.24, 2.45) is 0 Å². The summed E-state index contributed by atoms with van der Waals surface area (Å²) < 4.78 is 34.2. The second kappa shape index (κ2) is 11.0. The summed E-state index contributed by atoms with van der Waals surface area (Å²) in [5.74, 6) is -0.827. The molecule has 0 amide bonds. The molecule has 11 heteroatoms. The molecule has 0 radical (unpaired) electrons. The van der Waals surface area contributed by atoms with Crippen LogP contribution in [-0.2, 0) is 14.2 Å². The van der Waals surface area contributed by atoms with Crippen LogP contribution >= 0.6 is 0 Å². The van der Waals surface area contributed by atoms with E-state index in [-0.39, 0.29) is 24.7 Å². The number of esters is 2. The summed E-state index contributed by atoms with van der Waals surface area (Å²) in [6, 6.07) is 14.2. The third-order valence-corrected chi connectivity index (χ3v) is 7.54. The average Bonchev–Trinajstić information content (AvgIpc) is 3.58. The Hall–Kier alpha value is -4.64. The fourth-order valence-corrected chi connectivity index (χ4v) is 4.90. The topological polar surface area (TPSA) is 117 Å². The van der Waals surface area contributed by atoms with Crippen LogP contribution in [0.2, 0.25) is 0 Å². The first-order chi connectivity index (χ1) is 20.2. The van der Waals surface area contributed by atoms with Gasteiger partial charge < -0.3 is 19.5 Å². The van der Waals surface area contributed by atoms with Gasteiger partial charge in [0, 0.05) is 12.5 Å². The number of anilines is 1. The molecule has 2 aliphatic rings. The largest absolute Gasteiger partial charge is 0.459 e. The van der Waals surface area contributed by atoms with E-state index in [1.54, 1.807) is 28.8 Å². The van der Waals surface area contributed by atoms with Gasteiger partial charge in [-0.2, -0.15) is 14.4 Å². The van der Waals surface area contributed by atoms with Gasteiger partial charge in [0.05, 0.1) is 17.5 Å². The maximum absolute atomic E-state index is 14.5. The molecule has 0 spiro atoms. The zero-order valence-corrected chi connectivity index (χ0v) is 23.2. The molecular formula is C31H30FN5O5. The Labute approximate surface area is 241 Å². The predicted octanol–water partition coefficient (Wildman–Crippen LogP) is 5.08. The number of nitrogens with one attached hydrogen (secondary N) is 1. The molecule has 2 aromatic heterocycles. The van der Waals surface area contributed by atoms with Gasteiger partial charge >= 0.3 is 18.0 Å². The van der Waals surface area contributed by atoms with Crippen LogP contribution < -0.4 is 5.32 Å². The predicted molar refractivity (Wildman–Crippen MR) is 151 cm³/mol. The Kier molecular flexibility index (Phi) is 7.19. The van der Waals surface area contributed by atoms with E-state index in [4.69, 9.17) is 14.2 Å². The van der Waals surface area contributed by atoms with Crippen LogP contribution in [0.4, 0.5) is 10.2 Å².